The number of hydrogen-bond donors (Lipinski definition) is 1. The standard InChI is InChI=1S/C13H16N4OS/c1-18-8-7-12-14-15-13-17(12)16-11(9-19-13)10-5-3-2-4-6-10/h2-6,11,16H,7-9H2,1H3. The number of nitrogens with one attached hydrogen (secondary N) is 1. The molecule has 1 N–H and O–H groups in total. The van der Waals surface area contributed by atoms with Crippen LogP contribution in [0, 0.1) is 0 Å². The third-order valence-corrected chi connectivity index (χ3v) is 4.12. The molecule has 5 nitrogen and oxygen atoms in total. The van der Waals surface area contributed by atoms with Crippen molar-refractivity contribution in [3.8, 4) is 0 Å². The van der Waals surface area contributed by atoms with Crippen LogP contribution in [-0.4, -0.2) is 34.3 Å². The quantitative estimate of drug-likeness (QED) is 0.923. The highest BCUT2D eigenvalue weighted by molar-refractivity contribution is 7.99. The summed E-state index contributed by atoms with van der Waals surface area (Å²) in [5, 5.41) is 9.34. The molecule has 1 aromatic heterocycles. The Hall–Kier alpha value is -1.53. The third kappa shape index (κ3) is 2.59. The normalized spacial score (nSPS) is 17.8. The summed E-state index contributed by atoms with van der Waals surface area (Å²) in [5.74, 6) is 1.89. The summed E-state index contributed by atoms with van der Waals surface area (Å²) in [4.78, 5) is 0. The van der Waals surface area contributed by atoms with Crippen molar-refractivity contribution in [3.63, 3.8) is 0 Å². The van der Waals surface area contributed by atoms with Gasteiger partial charge in [0.25, 0.3) is 0 Å². The molecule has 0 saturated heterocycles. The van der Waals surface area contributed by atoms with Crippen LogP contribution in [0.3, 0.4) is 0 Å². The molecular weight excluding hydrogens is 260 g/mol. The molecule has 0 radical (unpaired) electrons. The van der Waals surface area contributed by atoms with Gasteiger partial charge in [0, 0.05) is 19.3 Å². The van der Waals surface area contributed by atoms with Crippen LogP contribution in [0.1, 0.15) is 17.4 Å². The topological polar surface area (TPSA) is 52.0 Å². The van der Waals surface area contributed by atoms with Crippen LogP contribution in [0.25, 0.3) is 0 Å². The molecule has 1 aliphatic rings. The summed E-state index contributed by atoms with van der Waals surface area (Å²) in [6.07, 6.45) is 0.762. The molecule has 0 amide bonds. The van der Waals surface area contributed by atoms with E-state index < -0.39 is 0 Å². The number of hydrogen-bond acceptors (Lipinski definition) is 5. The van der Waals surface area contributed by atoms with Crippen molar-refractivity contribution in [2.75, 3.05) is 24.9 Å². The van der Waals surface area contributed by atoms with E-state index >= 15 is 0 Å². The minimum absolute atomic E-state index is 0.288. The molecule has 1 unspecified atom stereocenters. The fraction of sp³-hybridized carbons (Fsp3) is 0.385. The molecule has 0 fully saturated rings. The van der Waals surface area contributed by atoms with Crippen LogP contribution in [0.2, 0.25) is 0 Å². The Bertz CT molecular complexity index is 543. The maximum absolute atomic E-state index is 5.10. The third-order valence-electron chi connectivity index (χ3n) is 3.10. The van der Waals surface area contributed by atoms with Gasteiger partial charge in [-0.3, -0.25) is 0 Å². The second kappa shape index (κ2) is 5.63. The molecule has 2 aromatic rings. The van der Waals surface area contributed by atoms with Crippen molar-refractivity contribution < 1.29 is 4.74 Å². The Balaban J connectivity index is 1.80. The van der Waals surface area contributed by atoms with E-state index in [1.807, 2.05) is 10.7 Å². The monoisotopic (exact) mass is 276 g/mol. The fourth-order valence-corrected chi connectivity index (χ4v) is 3.05. The van der Waals surface area contributed by atoms with E-state index in [0.717, 1.165) is 23.2 Å². The molecule has 2 heterocycles. The van der Waals surface area contributed by atoms with E-state index in [2.05, 4.69) is 39.9 Å². The van der Waals surface area contributed by atoms with Gasteiger partial charge in [0.1, 0.15) is 0 Å². The Morgan fingerprint density at radius 3 is 3.00 bits per heavy atom. The zero-order chi connectivity index (χ0) is 13.1. The van der Waals surface area contributed by atoms with Crippen LogP contribution in [0.15, 0.2) is 35.5 Å². The molecule has 3 rings (SSSR count). The summed E-state index contributed by atoms with van der Waals surface area (Å²) in [6, 6.07) is 10.7. The largest absolute Gasteiger partial charge is 0.384 e. The maximum Gasteiger partial charge on any atom is 0.210 e. The molecule has 0 spiro atoms. The molecule has 0 aliphatic carbocycles. The number of thioether (sulfide) groups is 1. The summed E-state index contributed by atoms with van der Waals surface area (Å²) >= 11 is 1.73. The SMILES string of the molecule is COCCc1nnc2n1NC(c1ccccc1)CS2. The van der Waals surface area contributed by atoms with Gasteiger partial charge < -0.3 is 10.2 Å². The van der Waals surface area contributed by atoms with Crippen molar-refractivity contribution in [2.45, 2.75) is 17.6 Å². The first-order chi connectivity index (χ1) is 9.38. The molecule has 1 atom stereocenters. The van der Waals surface area contributed by atoms with E-state index in [0.29, 0.717) is 6.61 Å². The van der Waals surface area contributed by atoms with Crippen LogP contribution < -0.4 is 5.43 Å². The average molecular weight is 276 g/mol. The van der Waals surface area contributed by atoms with Crippen LogP contribution in [0.5, 0.6) is 0 Å². The van der Waals surface area contributed by atoms with Gasteiger partial charge in [-0.05, 0) is 5.56 Å². The molecule has 6 heteroatoms. The molecular formula is C13H16N4OS. The van der Waals surface area contributed by atoms with Crippen LogP contribution >= 0.6 is 11.8 Å². The lowest BCUT2D eigenvalue weighted by atomic mass is 10.1. The molecule has 100 valence electrons. The van der Waals surface area contributed by atoms with Crippen molar-refractivity contribution >= 4 is 11.8 Å². The van der Waals surface area contributed by atoms with Gasteiger partial charge in [0.15, 0.2) is 5.82 Å². The number of methoxy groups -OCH3 is 1. The Morgan fingerprint density at radius 1 is 1.37 bits per heavy atom. The lowest BCUT2D eigenvalue weighted by Crippen LogP contribution is -2.29. The number of benzene rings is 1. The van der Waals surface area contributed by atoms with E-state index in [9.17, 15) is 0 Å². The highest BCUT2D eigenvalue weighted by Gasteiger charge is 2.23. The summed E-state index contributed by atoms with van der Waals surface area (Å²) in [5.41, 5.74) is 4.77. The van der Waals surface area contributed by atoms with E-state index in [1.54, 1.807) is 18.9 Å². The first kappa shape index (κ1) is 12.5. The minimum atomic E-state index is 0.288. The Kier molecular flexibility index (Phi) is 3.70. The van der Waals surface area contributed by atoms with Gasteiger partial charge >= 0.3 is 0 Å². The minimum Gasteiger partial charge on any atom is -0.384 e. The second-order valence-electron chi connectivity index (χ2n) is 4.38. The molecule has 19 heavy (non-hydrogen) atoms. The van der Waals surface area contributed by atoms with Crippen LogP contribution in [0.4, 0.5) is 0 Å². The van der Waals surface area contributed by atoms with Gasteiger partial charge in [-0.25, -0.2) is 4.68 Å². The zero-order valence-electron chi connectivity index (χ0n) is 10.7. The van der Waals surface area contributed by atoms with Gasteiger partial charge in [-0.2, -0.15) is 0 Å². The number of fused-ring (bicyclic) bond motifs is 1. The predicted octanol–water partition coefficient (Wildman–Crippen LogP) is 1.86. The van der Waals surface area contributed by atoms with Gasteiger partial charge in [-0.15, -0.1) is 10.2 Å². The van der Waals surface area contributed by atoms with Crippen molar-refractivity contribution in [2.24, 2.45) is 0 Å². The highest BCUT2D eigenvalue weighted by Crippen LogP contribution is 2.29. The van der Waals surface area contributed by atoms with Crippen molar-refractivity contribution in [1.82, 2.24) is 14.9 Å². The van der Waals surface area contributed by atoms with Gasteiger partial charge in [0.2, 0.25) is 5.16 Å². The summed E-state index contributed by atoms with van der Waals surface area (Å²) in [6.45, 7) is 0.653. The average Bonchev–Trinajstić information content (AvgIpc) is 2.88. The second-order valence-corrected chi connectivity index (χ2v) is 5.37. The Morgan fingerprint density at radius 2 is 2.21 bits per heavy atom. The van der Waals surface area contributed by atoms with Gasteiger partial charge in [0.05, 0.1) is 12.6 Å². The van der Waals surface area contributed by atoms with E-state index in [4.69, 9.17) is 4.74 Å². The number of nitrogens with zero attached hydrogens (tertiary/aromatic N) is 3. The maximum atomic E-state index is 5.10. The van der Waals surface area contributed by atoms with Crippen molar-refractivity contribution in [3.05, 3.63) is 41.7 Å². The van der Waals surface area contributed by atoms with Gasteiger partial charge in [-0.1, -0.05) is 42.1 Å². The van der Waals surface area contributed by atoms with E-state index in [-0.39, 0.29) is 6.04 Å². The lowest BCUT2D eigenvalue weighted by molar-refractivity contribution is 0.199. The molecule has 0 bridgehead atoms. The highest BCUT2D eigenvalue weighted by atomic mass is 32.2. The first-order valence-electron chi connectivity index (χ1n) is 6.26. The van der Waals surface area contributed by atoms with E-state index in [1.165, 1.54) is 5.56 Å². The molecule has 1 aromatic carbocycles. The fourth-order valence-electron chi connectivity index (χ4n) is 2.09. The van der Waals surface area contributed by atoms with Crippen molar-refractivity contribution in [1.29, 1.82) is 0 Å². The lowest BCUT2D eigenvalue weighted by Gasteiger charge is -2.26. The number of ether oxygens (including phenoxy) is 1. The smallest absolute Gasteiger partial charge is 0.210 e. The number of rotatable bonds is 4. The first-order valence-corrected chi connectivity index (χ1v) is 7.24. The Labute approximate surface area is 116 Å². The number of aromatic nitrogens is 3. The molecule has 1 aliphatic heterocycles. The summed E-state index contributed by atoms with van der Waals surface area (Å²) in [7, 11) is 1.70. The van der Waals surface area contributed by atoms with Crippen LogP contribution in [-0.2, 0) is 11.2 Å². The predicted molar refractivity (Wildman–Crippen MR) is 74.9 cm³/mol. The zero-order valence-corrected chi connectivity index (χ0v) is 11.6. The summed E-state index contributed by atoms with van der Waals surface area (Å²) < 4.78 is 7.09. The molecule has 0 saturated carbocycles.